The molecule has 4 aromatic carbocycles. The van der Waals surface area contributed by atoms with Gasteiger partial charge in [-0.1, -0.05) is 102 Å². The van der Waals surface area contributed by atoms with Gasteiger partial charge in [0.2, 0.25) is 0 Å². The summed E-state index contributed by atoms with van der Waals surface area (Å²) in [6.45, 7) is 4.43. The molecule has 322 valence electrons. The standard InChI is InChI=1S/C52H54O8S2/c1-3-5-7-9-11-13-18-45-32-34-47(61-45)51(55)58-42-28-22-38(23-29-42)49(53)57-41-26-20-37(21-27-41)40-16-15-17-44(36-40)60-50(54)39-24-30-43(31-25-39)59-52(56)48-35-33-46(62-48)19-14-12-10-8-6-4-2/h15-17,20-36H,3-14,18-19H2,1-2H3. The number of unbranched alkanes of at least 4 members (excludes halogenated alkanes) is 10. The minimum Gasteiger partial charge on any atom is -0.423 e. The molecule has 0 N–H and O–H groups in total. The zero-order valence-electron chi connectivity index (χ0n) is 35.5. The van der Waals surface area contributed by atoms with Gasteiger partial charge in [-0.3, -0.25) is 0 Å². The fourth-order valence-corrected chi connectivity index (χ4v) is 8.67. The van der Waals surface area contributed by atoms with E-state index in [0.29, 0.717) is 43.9 Å². The summed E-state index contributed by atoms with van der Waals surface area (Å²) in [7, 11) is 0. The first-order chi connectivity index (χ1) is 30.3. The zero-order chi connectivity index (χ0) is 43.5. The van der Waals surface area contributed by atoms with Gasteiger partial charge in [-0.25, -0.2) is 19.2 Å². The third kappa shape index (κ3) is 14.1. The second-order valence-corrected chi connectivity index (χ2v) is 17.6. The average molecular weight is 871 g/mol. The van der Waals surface area contributed by atoms with Gasteiger partial charge in [-0.2, -0.15) is 0 Å². The summed E-state index contributed by atoms with van der Waals surface area (Å²) in [6.07, 6.45) is 16.7. The molecule has 0 atom stereocenters. The highest BCUT2D eigenvalue weighted by atomic mass is 32.1. The predicted molar refractivity (Wildman–Crippen MR) is 247 cm³/mol. The number of esters is 4. The normalized spacial score (nSPS) is 10.9. The van der Waals surface area contributed by atoms with Crippen molar-refractivity contribution in [1.82, 2.24) is 0 Å². The van der Waals surface area contributed by atoms with Crippen molar-refractivity contribution in [3.05, 3.63) is 152 Å². The molecule has 8 nitrogen and oxygen atoms in total. The topological polar surface area (TPSA) is 105 Å². The minimum absolute atomic E-state index is 0.306. The Hall–Kier alpha value is -5.84. The monoisotopic (exact) mass is 870 g/mol. The molecule has 2 heterocycles. The van der Waals surface area contributed by atoms with Crippen LogP contribution in [-0.4, -0.2) is 23.9 Å². The van der Waals surface area contributed by atoms with Crippen LogP contribution in [0.5, 0.6) is 23.0 Å². The molecule has 0 aliphatic heterocycles. The summed E-state index contributed by atoms with van der Waals surface area (Å²) >= 11 is 2.93. The van der Waals surface area contributed by atoms with E-state index in [1.807, 2.05) is 42.5 Å². The smallest absolute Gasteiger partial charge is 0.353 e. The van der Waals surface area contributed by atoms with E-state index < -0.39 is 23.9 Å². The molecule has 0 saturated heterocycles. The van der Waals surface area contributed by atoms with Crippen molar-refractivity contribution in [2.24, 2.45) is 0 Å². The molecule has 0 radical (unpaired) electrons. The summed E-state index contributed by atoms with van der Waals surface area (Å²) in [6, 6.07) is 34.3. The Morgan fingerprint density at radius 1 is 0.387 bits per heavy atom. The van der Waals surface area contributed by atoms with Crippen LogP contribution in [-0.2, 0) is 12.8 Å². The molecule has 0 aliphatic carbocycles. The number of thiophene rings is 2. The van der Waals surface area contributed by atoms with Crippen molar-refractivity contribution in [3.8, 4) is 34.1 Å². The van der Waals surface area contributed by atoms with Crippen molar-refractivity contribution in [3.63, 3.8) is 0 Å². The summed E-state index contributed by atoms with van der Waals surface area (Å²) in [5, 5.41) is 0. The zero-order valence-corrected chi connectivity index (χ0v) is 37.2. The second kappa shape index (κ2) is 24.0. The number of rotatable bonds is 23. The third-order valence-electron chi connectivity index (χ3n) is 10.3. The van der Waals surface area contributed by atoms with Gasteiger partial charge in [0.05, 0.1) is 11.1 Å². The summed E-state index contributed by atoms with van der Waals surface area (Å²) in [5.74, 6) is -0.566. The maximum atomic E-state index is 13.0. The van der Waals surface area contributed by atoms with E-state index in [1.54, 1.807) is 78.9 Å². The van der Waals surface area contributed by atoms with Gasteiger partial charge in [-0.15, -0.1) is 22.7 Å². The number of hydrogen-bond donors (Lipinski definition) is 0. The third-order valence-corrected chi connectivity index (χ3v) is 12.6. The fourth-order valence-electron chi connectivity index (χ4n) is 6.82. The second-order valence-electron chi connectivity index (χ2n) is 15.2. The predicted octanol–water partition coefficient (Wildman–Crippen LogP) is 14.2. The van der Waals surface area contributed by atoms with E-state index in [1.165, 1.54) is 96.6 Å². The Morgan fingerprint density at radius 2 is 0.790 bits per heavy atom. The van der Waals surface area contributed by atoms with Crippen LogP contribution in [0.2, 0.25) is 0 Å². The molecule has 0 unspecified atom stereocenters. The Kier molecular flexibility index (Phi) is 17.7. The first-order valence-electron chi connectivity index (χ1n) is 21.7. The fraction of sp³-hybridized carbons (Fsp3) is 0.308. The Bertz CT molecular complexity index is 2360. The number of carbonyl (C=O) groups is 4. The van der Waals surface area contributed by atoms with Crippen LogP contribution >= 0.6 is 22.7 Å². The molecule has 2 aromatic heterocycles. The Balaban J connectivity index is 0.940. The molecule has 62 heavy (non-hydrogen) atoms. The first-order valence-corrected chi connectivity index (χ1v) is 23.4. The molecule has 0 bridgehead atoms. The van der Waals surface area contributed by atoms with Gasteiger partial charge in [0.25, 0.3) is 0 Å². The molecule has 10 heteroatoms. The number of ether oxygens (including phenoxy) is 4. The molecule has 6 rings (SSSR count). The molecule has 0 spiro atoms. The highest BCUT2D eigenvalue weighted by molar-refractivity contribution is 7.14. The lowest BCUT2D eigenvalue weighted by atomic mass is 10.1. The summed E-state index contributed by atoms with van der Waals surface area (Å²) in [4.78, 5) is 55.0. The van der Waals surface area contributed by atoms with Crippen molar-refractivity contribution >= 4 is 46.6 Å². The summed E-state index contributed by atoms with van der Waals surface area (Å²) in [5.41, 5.74) is 2.23. The molecular formula is C52H54O8S2. The quantitative estimate of drug-likeness (QED) is 0.0356. The van der Waals surface area contributed by atoms with Gasteiger partial charge in [0, 0.05) is 9.75 Å². The SMILES string of the molecule is CCCCCCCCc1ccc(C(=O)Oc2ccc(C(=O)Oc3ccc(-c4cccc(OC(=O)c5ccc(OC(=O)c6ccc(CCCCCCCC)s6)cc5)c4)cc3)cc2)s1. The van der Waals surface area contributed by atoms with Crippen molar-refractivity contribution in [2.45, 2.75) is 104 Å². The lowest BCUT2D eigenvalue weighted by molar-refractivity contribution is 0.0722. The largest absolute Gasteiger partial charge is 0.423 e. The van der Waals surface area contributed by atoms with Crippen LogP contribution in [0, 0.1) is 0 Å². The van der Waals surface area contributed by atoms with Crippen LogP contribution < -0.4 is 18.9 Å². The van der Waals surface area contributed by atoms with E-state index in [4.69, 9.17) is 18.9 Å². The van der Waals surface area contributed by atoms with Gasteiger partial charge in [0.1, 0.15) is 32.8 Å². The van der Waals surface area contributed by atoms with Crippen LogP contribution in [0.15, 0.2) is 121 Å². The first kappa shape index (κ1) is 45.7. The van der Waals surface area contributed by atoms with Crippen LogP contribution in [0.1, 0.15) is 141 Å². The lowest BCUT2D eigenvalue weighted by Crippen LogP contribution is -2.09. The van der Waals surface area contributed by atoms with Gasteiger partial charge < -0.3 is 18.9 Å². The van der Waals surface area contributed by atoms with Gasteiger partial charge in [0.15, 0.2) is 0 Å². The van der Waals surface area contributed by atoms with Crippen LogP contribution in [0.25, 0.3) is 11.1 Å². The van der Waals surface area contributed by atoms with Gasteiger partial charge >= 0.3 is 23.9 Å². The van der Waals surface area contributed by atoms with Crippen LogP contribution in [0.4, 0.5) is 0 Å². The van der Waals surface area contributed by atoms with Crippen molar-refractivity contribution < 1.29 is 38.1 Å². The Labute approximate surface area is 372 Å². The van der Waals surface area contributed by atoms with Gasteiger partial charge in [-0.05, 0) is 134 Å². The summed E-state index contributed by atoms with van der Waals surface area (Å²) < 4.78 is 22.4. The number of carbonyl (C=O) groups excluding carboxylic acids is 4. The number of aryl methyl sites for hydroxylation is 2. The van der Waals surface area contributed by atoms with Crippen molar-refractivity contribution in [2.75, 3.05) is 0 Å². The van der Waals surface area contributed by atoms with E-state index in [2.05, 4.69) is 13.8 Å². The molecule has 6 aromatic rings. The lowest BCUT2D eigenvalue weighted by Gasteiger charge is -2.09. The number of benzene rings is 4. The van der Waals surface area contributed by atoms with E-state index >= 15 is 0 Å². The highest BCUT2D eigenvalue weighted by Gasteiger charge is 2.16. The highest BCUT2D eigenvalue weighted by Crippen LogP contribution is 2.28. The molecule has 0 amide bonds. The minimum atomic E-state index is -0.554. The van der Waals surface area contributed by atoms with E-state index in [9.17, 15) is 19.2 Å². The maximum absolute atomic E-state index is 13.0. The average Bonchev–Trinajstić information content (AvgIpc) is 3.98. The van der Waals surface area contributed by atoms with Crippen molar-refractivity contribution in [1.29, 1.82) is 0 Å². The Morgan fingerprint density at radius 3 is 1.26 bits per heavy atom. The molecule has 0 aliphatic rings. The molecular weight excluding hydrogens is 817 g/mol. The van der Waals surface area contributed by atoms with Crippen LogP contribution in [0.3, 0.4) is 0 Å². The maximum Gasteiger partial charge on any atom is 0.353 e. The number of hydrogen-bond acceptors (Lipinski definition) is 10. The van der Waals surface area contributed by atoms with E-state index in [0.717, 1.165) is 36.8 Å². The molecule has 0 fully saturated rings. The van der Waals surface area contributed by atoms with E-state index in [-0.39, 0.29) is 0 Å². The molecule has 0 saturated carbocycles.